The van der Waals surface area contributed by atoms with E-state index >= 15 is 0 Å². The van der Waals surface area contributed by atoms with Crippen molar-refractivity contribution in [2.24, 2.45) is 0 Å². The van der Waals surface area contributed by atoms with E-state index in [1.54, 1.807) is 6.07 Å². The zero-order valence-electron chi connectivity index (χ0n) is 11.2. The summed E-state index contributed by atoms with van der Waals surface area (Å²) in [6.45, 7) is 5.00. The summed E-state index contributed by atoms with van der Waals surface area (Å²) in [7, 11) is 0. The van der Waals surface area contributed by atoms with Crippen molar-refractivity contribution >= 4 is 29.9 Å². The SMILES string of the molecule is Cc1cccc(C(=O)NC2CCNC(C)C2)c1Cl.Cl. The smallest absolute Gasteiger partial charge is 0.253 e. The number of hydrogen-bond donors (Lipinski definition) is 2. The highest BCUT2D eigenvalue weighted by Crippen LogP contribution is 2.20. The third kappa shape index (κ3) is 4.10. The molecule has 1 amide bonds. The molecule has 2 unspecified atom stereocenters. The van der Waals surface area contributed by atoms with Crippen LogP contribution in [0.1, 0.15) is 35.7 Å². The predicted molar refractivity (Wildman–Crippen MR) is 81.4 cm³/mol. The number of amides is 1. The molecule has 3 nitrogen and oxygen atoms in total. The van der Waals surface area contributed by atoms with Crippen molar-refractivity contribution in [3.8, 4) is 0 Å². The van der Waals surface area contributed by atoms with Gasteiger partial charge in [-0.25, -0.2) is 0 Å². The quantitative estimate of drug-likeness (QED) is 0.882. The van der Waals surface area contributed by atoms with E-state index in [9.17, 15) is 4.79 Å². The summed E-state index contributed by atoms with van der Waals surface area (Å²) in [4.78, 5) is 12.2. The van der Waals surface area contributed by atoms with Crippen LogP contribution in [0.2, 0.25) is 5.02 Å². The maximum atomic E-state index is 12.2. The molecule has 1 fully saturated rings. The third-order valence-electron chi connectivity index (χ3n) is 3.40. The normalized spacial score (nSPS) is 22.5. The van der Waals surface area contributed by atoms with Crippen LogP contribution in [0.25, 0.3) is 0 Å². The maximum Gasteiger partial charge on any atom is 0.253 e. The lowest BCUT2D eigenvalue weighted by Gasteiger charge is -2.28. The van der Waals surface area contributed by atoms with Gasteiger partial charge in [0, 0.05) is 12.1 Å². The van der Waals surface area contributed by atoms with Gasteiger partial charge in [0.15, 0.2) is 0 Å². The molecule has 2 atom stereocenters. The Hall–Kier alpha value is -0.770. The highest BCUT2D eigenvalue weighted by atomic mass is 35.5. The molecule has 0 saturated carbocycles. The summed E-state index contributed by atoms with van der Waals surface area (Å²) in [6, 6.07) is 6.24. The van der Waals surface area contributed by atoms with Gasteiger partial charge in [-0.3, -0.25) is 4.79 Å². The highest BCUT2D eigenvalue weighted by molar-refractivity contribution is 6.34. The van der Waals surface area contributed by atoms with E-state index in [1.165, 1.54) is 0 Å². The molecule has 0 spiro atoms. The van der Waals surface area contributed by atoms with Gasteiger partial charge in [-0.15, -0.1) is 12.4 Å². The zero-order valence-corrected chi connectivity index (χ0v) is 12.8. The number of rotatable bonds is 2. The molecule has 106 valence electrons. The lowest BCUT2D eigenvalue weighted by atomic mass is 10.00. The molecule has 1 aromatic rings. The Balaban J connectivity index is 0.00000180. The number of carbonyl (C=O) groups excluding carboxylic acids is 1. The molecular weight excluding hydrogens is 283 g/mol. The van der Waals surface area contributed by atoms with E-state index in [0.29, 0.717) is 16.6 Å². The van der Waals surface area contributed by atoms with Crippen LogP contribution < -0.4 is 10.6 Å². The van der Waals surface area contributed by atoms with Gasteiger partial charge in [0.2, 0.25) is 0 Å². The minimum Gasteiger partial charge on any atom is -0.349 e. The Bertz CT molecular complexity index is 451. The fourth-order valence-corrected chi connectivity index (χ4v) is 2.56. The second kappa shape index (κ2) is 7.13. The van der Waals surface area contributed by atoms with Gasteiger partial charge in [0.25, 0.3) is 5.91 Å². The van der Waals surface area contributed by atoms with E-state index in [0.717, 1.165) is 24.9 Å². The van der Waals surface area contributed by atoms with Crippen LogP contribution in [-0.4, -0.2) is 24.5 Å². The van der Waals surface area contributed by atoms with E-state index < -0.39 is 0 Å². The number of hydrogen-bond acceptors (Lipinski definition) is 2. The third-order valence-corrected chi connectivity index (χ3v) is 3.90. The molecule has 1 aliphatic heterocycles. The van der Waals surface area contributed by atoms with Crippen molar-refractivity contribution < 1.29 is 4.79 Å². The number of carbonyl (C=O) groups is 1. The van der Waals surface area contributed by atoms with Gasteiger partial charge in [-0.2, -0.15) is 0 Å². The Morgan fingerprint density at radius 3 is 2.89 bits per heavy atom. The van der Waals surface area contributed by atoms with Crippen LogP contribution in [0.4, 0.5) is 0 Å². The van der Waals surface area contributed by atoms with Gasteiger partial charge < -0.3 is 10.6 Å². The number of benzene rings is 1. The zero-order chi connectivity index (χ0) is 13.1. The fraction of sp³-hybridized carbons (Fsp3) is 0.500. The maximum absolute atomic E-state index is 12.2. The van der Waals surface area contributed by atoms with Crippen LogP contribution in [0.15, 0.2) is 18.2 Å². The average Bonchev–Trinajstić information content (AvgIpc) is 2.32. The van der Waals surface area contributed by atoms with Crippen molar-refractivity contribution in [1.29, 1.82) is 0 Å². The monoisotopic (exact) mass is 302 g/mol. The van der Waals surface area contributed by atoms with E-state index in [-0.39, 0.29) is 24.4 Å². The second-order valence-corrected chi connectivity index (χ2v) is 5.36. The van der Waals surface area contributed by atoms with E-state index in [1.807, 2.05) is 19.1 Å². The Kier molecular flexibility index (Phi) is 6.11. The van der Waals surface area contributed by atoms with Gasteiger partial charge in [0.1, 0.15) is 0 Å². The minimum atomic E-state index is -0.0669. The Labute approximate surface area is 125 Å². The molecule has 1 heterocycles. The van der Waals surface area contributed by atoms with Gasteiger partial charge in [0.05, 0.1) is 10.6 Å². The largest absolute Gasteiger partial charge is 0.349 e. The highest BCUT2D eigenvalue weighted by Gasteiger charge is 2.21. The van der Waals surface area contributed by atoms with Crippen LogP contribution in [0, 0.1) is 6.92 Å². The summed E-state index contributed by atoms with van der Waals surface area (Å²) in [6.07, 6.45) is 1.94. The van der Waals surface area contributed by atoms with Crippen molar-refractivity contribution in [3.63, 3.8) is 0 Å². The molecule has 1 aliphatic rings. The molecule has 2 N–H and O–H groups in total. The minimum absolute atomic E-state index is 0. The van der Waals surface area contributed by atoms with Crippen molar-refractivity contribution in [1.82, 2.24) is 10.6 Å². The first-order valence-electron chi connectivity index (χ1n) is 6.37. The molecule has 0 aromatic heterocycles. The lowest BCUT2D eigenvalue weighted by molar-refractivity contribution is 0.0926. The fourth-order valence-electron chi connectivity index (χ4n) is 2.35. The number of piperidine rings is 1. The summed E-state index contributed by atoms with van der Waals surface area (Å²) < 4.78 is 0. The molecule has 2 rings (SSSR count). The summed E-state index contributed by atoms with van der Waals surface area (Å²) in [5.74, 6) is -0.0669. The standard InChI is InChI=1S/C14H19ClN2O.ClH/c1-9-4-3-5-12(13(9)15)14(18)17-11-6-7-16-10(2)8-11;/h3-5,10-11,16H,6-8H2,1-2H3,(H,17,18);1H. The molecule has 0 radical (unpaired) electrons. The van der Waals surface area contributed by atoms with Crippen LogP contribution in [-0.2, 0) is 0 Å². The lowest BCUT2D eigenvalue weighted by Crippen LogP contribution is -2.46. The molecule has 5 heteroatoms. The Morgan fingerprint density at radius 2 is 2.21 bits per heavy atom. The first-order chi connectivity index (χ1) is 8.58. The van der Waals surface area contributed by atoms with Crippen molar-refractivity contribution in [3.05, 3.63) is 34.3 Å². The predicted octanol–water partition coefficient (Wildman–Crippen LogP) is 2.94. The first kappa shape index (κ1) is 16.3. The molecule has 0 bridgehead atoms. The summed E-state index contributed by atoms with van der Waals surface area (Å²) >= 11 is 6.16. The van der Waals surface area contributed by atoms with Crippen molar-refractivity contribution in [2.45, 2.75) is 38.8 Å². The van der Waals surface area contributed by atoms with E-state index in [2.05, 4.69) is 17.6 Å². The van der Waals surface area contributed by atoms with Crippen molar-refractivity contribution in [2.75, 3.05) is 6.54 Å². The molecule has 1 saturated heterocycles. The summed E-state index contributed by atoms with van der Waals surface area (Å²) in [5, 5.41) is 6.99. The van der Waals surface area contributed by atoms with Crippen LogP contribution in [0.5, 0.6) is 0 Å². The molecular formula is C14H20Cl2N2O. The van der Waals surface area contributed by atoms with Gasteiger partial charge in [-0.05, 0) is 44.9 Å². The van der Waals surface area contributed by atoms with Gasteiger partial charge >= 0.3 is 0 Å². The van der Waals surface area contributed by atoms with E-state index in [4.69, 9.17) is 11.6 Å². The molecule has 1 aromatic carbocycles. The topological polar surface area (TPSA) is 41.1 Å². The molecule has 19 heavy (non-hydrogen) atoms. The number of halogens is 2. The van der Waals surface area contributed by atoms with Gasteiger partial charge in [-0.1, -0.05) is 23.7 Å². The first-order valence-corrected chi connectivity index (χ1v) is 6.75. The van der Waals surface area contributed by atoms with Crippen LogP contribution >= 0.6 is 24.0 Å². The summed E-state index contributed by atoms with van der Waals surface area (Å²) in [5.41, 5.74) is 1.51. The number of nitrogens with one attached hydrogen (secondary N) is 2. The number of aryl methyl sites for hydroxylation is 1. The second-order valence-electron chi connectivity index (χ2n) is 4.99. The van der Waals surface area contributed by atoms with Crippen LogP contribution in [0.3, 0.4) is 0 Å². The average molecular weight is 303 g/mol. The molecule has 0 aliphatic carbocycles. The Morgan fingerprint density at radius 1 is 1.47 bits per heavy atom.